The van der Waals surface area contributed by atoms with E-state index in [0.29, 0.717) is 0 Å². The molecule has 0 atom stereocenters. The fourth-order valence-electron chi connectivity index (χ4n) is 1.03. The number of halogens is 1. The van der Waals surface area contributed by atoms with Crippen molar-refractivity contribution in [3.8, 4) is 0 Å². The molecule has 2 rings (SSSR count). The molecule has 0 unspecified atom stereocenters. The van der Waals surface area contributed by atoms with Crippen LogP contribution >= 0.6 is 15.9 Å². The summed E-state index contributed by atoms with van der Waals surface area (Å²) in [5.74, 6) is 0. The lowest BCUT2D eigenvalue weighted by Crippen LogP contribution is -1.85. The Morgan fingerprint density at radius 3 is 3.09 bits per heavy atom. The van der Waals surface area contributed by atoms with Crippen molar-refractivity contribution in [1.29, 1.82) is 0 Å². The van der Waals surface area contributed by atoms with Gasteiger partial charge in [-0.1, -0.05) is 0 Å². The molecule has 11 heavy (non-hydrogen) atoms. The van der Waals surface area contributed by atoms with E-state index in [1.54, 1.807) is 10.9 Å². The van der Waals surface area contributed by atoms with Crippen LogP contribution in [0.2, 0.25) is 0 Å². The van der Waals surface area contributed by atoms with Gasteiger partial charge >= 0.3 is 0 Å². The molecule has 3 nitrogen and oxygen atoms in total. The van der Waals surface area contributed by atoms with Crippen LogP contribution in [0.5, 0.6) is 0 Å². The summed E-state index contributed by atoms with van der Waals surface area (Å²) in [6.45, 7) is 0. The van der Waals surface area contributed by atoms with E-state index in [1.807, 2.05) is 19.3 Å². The summed E-state index contributed by atoms with van der Waals surface area (Å²) < 4.78 is 2.58. The second-order valence-corrected chi connectivity index (χ2v) is 3.09. The highest BCUT2D eigenvalue weighted by molar-refractivity contribution is 9.10. The van der Waals surface area contributed by atoms with Crippen molar-refractivity contribution >= 4 is 26.8 Å². The van der Waals surface area contributed by atoms with E-state index in [-0.39, 0.29) is 0 Å². The first-order valence-corrected chi connectivity index (χ1v) is 4.00. The average Bonchev–Trinajstić information content (AvgIpc) is 2.31. The first-order valence-electron chi connectivity index (χ1n) is 3.21. The largest absolute Gasteiger partial charge is 0.274 e. The third-order valence-electron chi connectivity index (χ3n) is 1.49. The SMILES string of the molecule is Cn1cc2ccnc(Br)c2n1. The van der Waals surface area contributed by atoms with Crippen LogP contribution in [0.15, 0.2) is 23.1 Å². The number of aryl methyl sites for hydroxylation is 1. The molecule has 0 fully saturated rings. The molecule has 0 aromatic carbocycles. The predicted octanol–water partition coefficient (Wildman–Crippen LogP) is 1.73. The molecule has 0 saturated carbocycles. The number of hydrogen-bond donors (Lipinski definition) is 0. The number of nitrogens with zero attached hydrogens (tertiary/aromatic N) is 3. The Hall–Kier alpha value is -0.900. The van der Waals surface area contributed by atoms with Crippen LogP contribution in [0.3, 0.4) is 0 Å². The summed E-state index contributed by atoms with van der Waals surface area (Å²) in [5.41, 5.74) is 0.912. The van der Waals surface area contributed by atoms with E-state index < -0.39 is 0 Å². The quantitative estimate of drug-likeness (QED) is 0.622. The van der Waals surface area contributed by atoms with Crippen molar-refractivity contribution in [2.45, 2.75) is 0 Å². The highest BCUT2D eigenvalue weighted by Crippen LogP contribution is 2.18. The molecule has 56 valence electrons. The van der Waals surface area contributed by atoms with E-state index in [4.69, 9.17) is 0 Å². The second kappa shape index (κ2) is 2.30. The highest BCUT2D eigenvalue weighted by Gasteiger charge is 2.01. The molecule has 0 radical (unpaired) electrons. The second-order valence-electron chi connectivity index (χ2n) is 2.34. The Bertz CT molecular complexity index is 393. The minimum Gasteiger partial charge on any atom is -0.274 e. The minimum absolute atomic E-state index is 0.801. The molecule has 4 heteroatoms. The predicted molar refractivity (Wildman–Crippen MR) is 46.2 cm³/mol. The molecule has 0 aliphatic carbocycles. The van der Waals surface area contributed by atoms with Gasteiger partial charge in [-0.3, -0.25) is 4.68 Å². The Kier molecular flexibility index (Phi) is 1.42. The van der Waals surface area contributed by atoms with Gasteiger partial charge in [-0.25, -0.2) is 4.98 Å². The van der Waals surface area contributed by atoms with E-state index in [9.17, 15) is 0 Å². The van der Waals surface area contributed by atoms with Crippen molar-refractivity contribution in [3.63, 3.8) is 0 Å². The lowest BCUT2D eigenvalue weighted by Gasteiger charge is -1.87. The average molecular weight is 212 g/mol. The molecule has 2 aromatic heterocycles. The molecule has 0 spiro atoms. The minimum atomic E-state index is 0.801. The van der Waals surface area contributed by atoms with Gasteiger partial charge in [-0.2, -0.15) is 5.10 Å². The van der Waals surface area contributed by atoms with Gasteiger partial charge in [0, 0.05) is 24.8 Å². The van der Waals surface area contributed by atoms with Crippen LogP contribution in [-0.2, 0) is 7.05 Å². The molecule has 0 aliphatic rings. The number of aromatic nitrogens is 3. The Morgan fingerprint density at radius 2 is 2.36 bits per heavy atom. The van der Waals surface area contributed by atoms with Crippen LogP contribution in [0.4, 0.5) is 0 Å². The van der Waals surface area contributed by atoms with Crippen LogP contribution in [-0.4, -0.2) is 14.8 Å². The molecule has 2 aromatic rings. The smallest absolute Gasteiger partial charge is 0.134 e. The highest BCUT2D eigenvalue weighted by atomic mass is 79.9. The van der Waals surface area contributed by atoms with E-state index in [0.717, 1.165) is 15.5 Å². The molecule has 0 aliphatic heterocycles. The normalized spacial score (nSPS) is 10.7. The molecule has 0 N–H and O–H groups in total. The zero-order chi connectivity index (χ0) is 7.84. The lowest BCUT2D eigenvalue weighted by atomic mass is 10.3. The van der Waals surface area contributed by atoms with Crippen LogP contribution < -0.4 is 0 Å². The zero-order valence-electron chi connectivity index (χ0n) is 5.95. The van der Waals surface area contributed by atoms with Crippen molar-refractivity contribution in [2.24, 2.45) is 7.05 Å². The van der Waals surface area contributed by atoms with E-state index in [2.05, 4.69) is 26.0 Å². The molecule has 0 bridgehead atoms. The first-order chi connectivity index (χ1) is 5.27. The van der Waals surface area contributed by atoms with Gasteiger partial charge in [0.25, 0.3) is 0 Å². The maximum atomic E-state index is 4.22. The van der Waals surface area contributed by atoms with Gasteiger partial charge in [0.05, 0.1) is 0 Å². The van der Waals surface area contributed by atoms with Gasteiger partial charge in [-0.15, -0.1) is 0 Å². The molecule has 2 heterocycles. The van der Waals surface area contributed by atoms with Crippen molar-refractivity contribution in [1.82, 2.24) is 14.8 Å². The fourth-order valence-corrected chi connectivity index (χ4v) is 1.46. The third kappa shape index (κ3) is 1.03. The van der Waals surface area contributed by atoms with Crippen LogP contribution in [0.25, 0.3) is 10.9 Å². The van der Waals surface area contributed by atoms with Gasteiger partial charge in [-0.05, 0) is 22.0 Å². The van der Waals surface area contributed by atoms with Gasteiger partial charge in [0.2, 0.25) is 0 Å². The molecular formula is C7H6BrN3. The van der Waals surface area contributed by atoms with Crippen LogP contribution in [0.1, 0.15) is 0 Å². The number of fused-ring (bicyclic) bond motifs is 1. The molecule has 0 saturated heterocycles. The zero-order valence-corrected chi connectivity index (χ0v) is 7.54. The fraction of sp³-hybridized carbons (Fsp3) is 0.143. The Morgan fingerprint density at radius 1 is 1.55 bits per heavy atom. The maximum absolute atomic E-state index is 4.22. The standard InChI is InChI=1S/C7H6BrN3/c1-11-4-5-2-3-9-7(8)6(5)10-11/h2-4H,1H3. The van der Waals surface area contributed by atoms with Crippen molar-refractivity contribution < 1.29 is 0 Å². The van der Waals surface area contributed by atoms with E-state index in [1.165, 1.54) is 0 Å². The summed E-state index contributed by atoms with van der Waals surface area (Å²) in [6.07, 6.45) is 3.72. The van der Waals surface area contributed by atoms with Crippen LogP contribution in [0, 0.1) is 0 Å². The third-order valence-corrected chi connectivity index (χ3v) is 2.07. The number of hydrogen-bond acceptors (Lipinski definition) is 2. The monoisotopic (exact) mass is 211 g/mol. The first kappa shape index (κ1) is 6.79. The number of rotatable bonds is 0. The summed E-state index contributed by atoms with van der Waals surface area (Å²) in [6, 6.07) is 1.94. The molecule has 0 amide bonds. The summed E-state index contributed by atoms with van der Waals surface area (Å²) in [5, 5.41) is 5.33. The molecular weight excluding hydrogens is 206 g/mol. The number of pyridine rings is 1. The summed E-state index contributed by atoms with van der Waals surface area (Å²) in [7, 11) is 1.90. The van der Waals surface area contributed by atoms with Gasteiger partial charge < -0.3 is 0 Å². The maximum Gasteiger partial charge on any atom is 0.134 e. The summed E-state index contributed by atoms with van der Waals surface area (Å²) in [4.78, 5) is 4.06. The topological polar surface area (TPSA) is 30.7 Å². The Balaban J connectivity index is 2.90. The van der Waals surface area contributed by atoms with Crippen molar-refractivity contribution in [3.05, 3.63) is 23.1 Å². The summed E-state index contributed by atoms with van der Waals surface area (Å²) >= 11 is 3.32. The lowest BCUT2D eigenvalue weighted by molar-refractivity contribution is 0.778. The van der Waals surface area contributed by atoms with Crippen molar-refractivity contribution in [2.75, 3.05) is 0 Å². The van der Waals surface area contributed by atoms with Gasteiger partial charge in [0.15, 0.2) is 0 Å². The Labute approximate surface area is 72.2 Å². The van der Waals surface area contributed by atoms with Gasteiger partial charge in [0.1, 0.15) is 10.1 Å². The van der Waals surface area contributed by atoms with E-state index >= 15 is 0 Å².